The van der Waals surface area contributed by atoms with Gasteiger partial charge in [-0.05, 0) is 12.1 Å². The zero-order chi connectivity index (χ0) is 10.4. The topological polar surface area (TPSA) is 44.8 Å². The van der Waals surface area contributed by atoms with Gasteiger partial charge in [0.25, 0.3) is 0 Å². The number of carbonyl (C=O) groups excluding carboxylic acids is 1. The van der Waals surface area contributed by atoms with Gasteiger partial charge in [0.05, 0.1) is 0 Å². The molecule has 0 N–H and O–H groups in total. The lowest BCUT2D eigenvalue weighted by Gasteiger charge is -2.23. The van der Waals surface area contributed by atoms with Crippen LogP contribution in [0.15, 0.2) is 35.1 Å². The number of rotatable bonds is 0. The number of ether oxygens (including phenoxy) is 3. The average Bonchev–Trinajstić information content (AvgIpc) is 2.52. The zero-order valence-electron chi connectivity index (χ0n) is 7.40. The Morgan fingerprint density at radius 2 is 1.87 bits per heavy atom. The third-order valence-corrected chi connectivity index (χ3v) is 2.47. The number of carbonyl (C=O) groups is 1. The molecule has 0 radical (unpaired) electrons. The summed E-state index contributed by atoms with van der Waals surface area (Å²) in [6.45, 7) is 0. The number of esters is 1. The van der Waals surface area contributed by atoms with Crippen molar-refractivity contribution in [3.05, 3.63) is 35.1 Å². The van der Waals surface area contributed by atoms with Gasteiger partial charge in [-0.15, -0.1) is 0 Å². The molecule has 2 aliphatic heterocycles. The van der Waals surface area contributed by atoms with Crippen molar-refractivity contribution < 1.29 is 19.0 Å². The second-order valence-corrected chi connectivity index (χ2v) is 3.46. The van der Waals surface area contributed by atoms with E-state index in [-0.39, 0.29) is 10.8 Å². The Labute approximate surface area is 90.0 Å². The second-order valence-electron chi connectivity index (χ2n) is 3.08. The van der Waals surface area contributed by atoms with Crippen LogP contribution in [0, 0.1) is 0 Å². The lowest BCUT2D eigenvalue weighted by molar-refractivity contribution is -0.151. The van der Waals surface area contributed by atoms with Crippen LogP contribution in [0.2, 0.25) is 0 Å². The van der Waals surface area contributed by atoms with Crippen molar-refractivity contribution in [2.45, 2.75) is 6.29 Å². The fraction of sp³-hybridized carbons (Fsp3) is 0.100. The van der Waals surface area contributed by atoms with Crippen LogP contribution in [0.1, 0.15) is 0 Å². The van der Waals surface area contributed by atoms with Crippen molar-refractivity contribution in [1.29, 1.82) is 0 Å². The molecular formula is C10H5ClO4. The summed E-state index contributed by atoms with van der Waals surface area (Å²) in [5, 5.41) is -0.0606. The van der Waals surface area contributed by atoms with Crippen molar-refractivity contribution in [2.24, 2.45) is 0 Å². The highest BCUT2D eigenvalue weighted by Crippen LogP contribution is 2.39. The standard InChI is InChI=1S/C10H5ClO4/c11-7-8-10(15-9(7)12)14-6-4-2-1-3-5(6)13-8/h1-4,10H. The molecule has 1 aromatic rings. The largest absolute Gasteiger partial charge is 0.448 e. The fourth-order valence-electron chi connectivity index (χ4n) is 1.44. The molecule has 2 aliphatic rings. The van der Waals surface area contributed by atoms with E-state index in [1.54, 1.807) is 24.3 Å². The van der Waals surface area contributed by atoms with Crippen molar-refractivity contribution in [3.63, 3.8) is 0 Å². The molecule has 0 spiro atoms. The normalized spacial score (nSPS) is 22.5. The van der Waals surface area contributed by atoms with E-state index in [0.717, 1.165) is 0 Å². The Morgan fingerprint density at radius 3 is 2.67 bits per heavy atom. The van der Waals surface area contributed by atoms with Gasteiger partial charge in [0, 0.05) is 0 Å². The van der Waals surface area contributed by atoms with Gasteiger partial charge in [-0.3, -0.25) is 0 Å². The molecule has 1 unspecified atom stereocenters. The summed E-state index contributed by atoms with van der Waals surface area (Å²) in [5.74, 6) is 0.662. The van der Waals surface area contributed by atoms with Gasteiger partial charge in [-0.2, -0.15) is 0 Å². The maximum Gasteiger partial charge on any atom is 0.357 e. The number of benzene rings is 1. The lowest BCUT2D eigenvalue weighted by Crippen LogP contribution is -2.26. The molecule has 0 saturated heterocycles. The van der Waals surface area contributed by atoms with Crippen molar-refractivity contribution in [1.82, 2.24) is 0 Å². The van der Waals surface area contributed by atoms with Crippen LogP contribution >= 0.6 is 11.6 Å². The molecule has 0 aromatic heterocycles. The van der Waals surface area contributed by atoms with Gasteiger partial charge in [0.2, 0.25) is 5.76 Å². The lowest BCUT2D eigenvalue weighted by atomic mass is 10.3. The summed E-state index contributed by atoms with van der Waals surface area (Å²) in [5.41, 5.74) is 0. The molecule has 15 heavy (non-hydrogen) atoms. The SMILES string of the molecule is O=C1OC2Oc3ccccc3OC2=C1Cl. The first-order valence-electron chi connectivity index (χ1n) is 4.30. The number of para-hydroxylation sites is 2. The van der Waals surface area contributed by atoms with Crippen molar-refractivity contribution in [2.75, 3.05) is 0 Å². The van der Waals surface area contributed by atoms with Crippen molar-refractivity contribution >= 4 is 17.6 Å². The summed E-state index contributed by atoms with van der Waals surface area (Å²) < 4.78 is 15.6. The first-order chi connectivity index (χ1) is 7.25. The summed E-state index contributed by atoms with van der Waals surface area (Å²) >= 11 is 5.70. The Kier molecular flexibility index (Phi) is 1.67. The molecule has 0 aliphatic carbocycles. The van der Waals surface area contributed by atoms with E-state index in [1.165, 1.54) is 0 Å². The van der Waals surface area contributed by atoms with Crippen LogP contribution < -0.4 is 9.47 Å². The number of hydrogen-bond donors (Lipinski definition) is 0. The summed E-state index contributed by atoms with van der Waals surface area (Å²) in [6.07, 6.45) is -0.847. The second kappa shape index (κ2) is 2.90. The van der Waals surface area contributed by atoms with E-state index in [0.29, 0.717) is 11.5 Å². The molecule has 0 bridgehead atoms. The van der Waals surface area contributed by atoms with Crippen LogP contribution in [0.25, 0.3) is 0 Å². The molecule has 3 rings (SSSR count). The first kappa shape index (κ1) is 8.61. The summed E-state index contributed by atoms with van der Waals surface area (Å²) in [4.78, 5) is 11.1. The van der Waals surface area contributed by atoms with Gasteiger partial charge in [0.1, 0.15) is 0 Å². The molecule has 1 aromatic carbocycles. The Balaban J connectivity index is 2.07. The minimum Gasteiger partial charge on any atom is -0.448 e. The Bertz CT molecular complexity index is 480. The zero-order valence-corrected chi connectivity index (χ0v) is 8.15. The van der Waals surface area contributed by atoms with E-state index in [1.807, 2.05) is 0 Å². The van der Waals surface area contributed by atoms with E-state index in [9.17, 15) is 4.79 Å². The van der Waals surface area contributed by atoms with Crippen LogP contribution in [0.3, 0.4) is 0 Å². The minimum atomic E-state index is -0.847. The molecular weight excluding hydrogens is 220 g/mol. The number of fused-ring (bicyclic) bond motifs is 2. The molecule has 76 valence electrons. The Morgan fingerprint density at radius 1 is 1.13 bits per heavy atom. The molecule has 4 nitrogen and oxygen atoms in total. The van der Waals surface area contributed by atoms with Crippen LogP contribution in [0.5, 0.6) is 11.5 Å². The molecule has 1 atom stereocenters. The predicted octanol–water partition coefficient (Wildman–Crippen LogP) is 1.79. The van der Waals surface area contributed by atoms with Gasteiger partial charge in [0.15, 0.2) is 16.5 Å². The highest BCUT2D eigenvalue weighted by molar-refractivity contribution is 6.42. The van der Waals surface area contributed by atoms with Gasteiger partial charge in [-0.25, -0.2) is 4.79 Å². The molecule has 0 amide bonds. The highest BCUT2D eigenvalue weighted by atomic mass is 35.5. The maximum absolute atomic E-state index is 11.1. The number of halogens is 1. The van der Waals surface area contributed by atoms with E-state index in [4.69, 9.17) is 25.8 Å². The van der Waals surface area contributed by atoms with Gasteiger partial charge in [-0.1, -0.05) is 23.7 Å². The van der Waals surface area contributed by atoms with Gasteiger partial charge >= 0.3 is 12.3 Å². The van der Waals surface area contributed by atoms with Crippen LogP contribution in [0.4, 0.5) is 0 Å². The highest BCUT2D eigenvalue weighted by Gasteiger charge is 2.40. The van der Waals surface area contributed by atoms with Crippen LogP contribution in [-0.2, 0) is 9.53 Å². The Hall–Kier alpha value is -1.68. The monoisotopic (exact) mass is 224 g/mol. The van der Waals surface area contributed by atoms with E-state index >= 15 is 0 Å². The molecule has 5 heteroatoms. The van der Waals surface area contributed by atoms with E-state index in [2.05, 4.69) is 0 Å². The smallest absolute Gasteiger partial charge is 0.357 e. The van der Waals surface area contributed by atoms with Gasteiger partial charge < -0.3 is 14.2 Å². The predicted molar refractivity (Wildman–Crippen MR) is 50.5 cm³/mol. The summed E-state index contributed by atoms with van der Waals surface area (Å²) in [7, 11) is 0. The maximum atomic E-state index is 11.1. The molecule has 2 heterocycles. The third-order valence-electron chi connectivity index (χ3n) is 2.13. The minimum absolute atomic E-state index is 0.0606. The fourth-order valence-corrected chi connectivity index (χ4v) is 1.61. The van der Waals surface area contributed by atoms with Crippen LogP contribution in [-0.4, -0.2) is 12.3 Å². The third kappa shape index (κ3) is 1.18. The summed E-state index contributed by atoms with van der Waals surface area (Å²) in [6, 6.07) is 7.06. The van der Waals surface area contributed by atoms with Crippen molar-refractivity contribution in [3.8, 4) is 11.5 Å². The number of hydrogen-bond acceptors (Lipinski definition) is 4. The molecule has 0 fully saturated rings. The molecule has 0 saturated carbocycles. The first-order valence-corrected chi connectivity index (χ1v) is 4.67. The van der Waals surface area contributed by atoms with E-state index < -0.39 is 12.3 Å². The average molecular weight is 225 g/mol. The quantitative estimate of drug-likeness (QED) is 0.631.